The van der Waals surface area contributed by atoms with Crippen molar-refractivity contribution in [1.29, 1.82) is 0 Å². The molecule has 1 aromatic heterocycles. The number of carbonyl (C=O) groups is 1. The van der Waals surface area contributed by atoms with Gasteiger partial charge in [-0.1, -0.05) is 0 Å². The van der Waals surface area contributed by atoms with Gasteiger partial charge in [0.05, 0.1) is 37.9 Å². The highest BCUT2D eigenvalue weighted by atomic mass is 19.1. The number of nitrogens with zero attached hydrogens (tertiary/aromatic N) is 3. The van der Waals surface area contributed by atoms with Gasteiger partial charge in [-0.15, -0.1) is 0 Å². The first-order valence-electron chi connectivity index (χ1n) is 12.5. The normalized spacial score (nSPS) is 13.1. The number of aromatic hydroxyl groups is 2. The highest BCUT2D eigenvalue weighted by molar-refractivity contribution is 5.98. The Morgan fingerprint density at radius 2 is 1.59 bits per heavy atom. The van der Waals surface area contributed by atoms with Crippen LogP contribution in [0, 0.1) is 5.82 Å². The molecule has 4 aromatic rings. The van der Waals surface area contributed by atoms with Crippen LogP contribution in [0.3, 0.4) is 0 Å². The van der Waals surface area contributed by atoms with Crippen LogP contribution in [0.25, 0.3) is 10.9 Å². The number of hydrogen-bond donors (Lipinski definition) is 4. The second kappa shape index (κ2) is 11.4. The lowest BCUT2D eigenvalue weighted by atomic mass is 10.1. The Labute approximate surface area is 233 Å². The van der Waals surface area contributed by atoms with Gasteiger partial charge >= 0.3 is 0 Å². The Kier molecular flexibility index (Phi) is 7.55. The summed E-state index contributed by atoms with van der Waals surface area (Å²) in [6.07, 6.45) is 5.85. The number of carbonyl (C=O) groups excluding carboxylic acids is 1. The summed E-state index contributed by atoms with van der Waals surface area (Å²) in [4.78, 5) is 26.1. The van der Waals surface area contributed by atoms with Gasteiger partial charge < -0.3 is 24.3 Å². The average Bonchev–Trinajstić information content (AvgIpc) is 3.80. The third-order valence-corrected chi connectivity index (χ3v) is 6.49. The molecule has 12 heteroatoms. The van der Waals surface area contributed by atoms with Crippen LogP contribution in [0.2, 0.25) is 0 Å². The van der Waals surface area contributed by atoms with Crippen LogP contribution in [-0.2, 0) is 0 Å². The molecule has 11 nitrogen and oxygen atoms in total. The van der Waals surface area contributed by atoms with Gasteiger partial charge in [-0.3, -0.25) is 15.0 Å². The topological polar surface area (TPSA) is 147 Å². The largest absolute Gasteiger partial charge is 0.504 e. The summed E-state index contributed by atoms with van der Waals surface area (Å²) in [7, 11) is 2.86. The number of amides is 1. The van der Waals surface area contributed by atoms with Crippen LogP contribution in [0.4, 0.5) is 10.1 Å². The fourth-order valence-electron chi connectivity index (χ4n) is 4.25. The van der Waals surface area contributed by atoms with Gasteiger partial charge in [0.2, 0.25) is 5.43 Å². The van der Waals surface area contributed by atoms with Crippen molar-refractivity contribution in [2.75, 3.05) is 19.6 Å². The molecule has 1 fully saturated rings. The number of halogens is 1. The second-order valence-electron chi connectivity index (χ2n) is 9.29. The van der Waals surface area contributed by atoms with Crippen LogP contribution < -0.4 is 25.8 Å². The predicted molar refractivity (Wildman–Crippen MR) is 152 cm³/mol. The number of fused-ring (bicyclic) bond motifs is 1. The number of hydrazone groups is 2. The van der Waals surface area contributed by atoms with Crippen molar-refractivity contribution < 1.29 is 28.9 Å². The number of phenols is 2. The quantitative estimate of drug-likeness (QED) is 0.178. The summed E-state index contributed by atoms with van der Waals surface area (Å²) >= 11 is 0. The third-order valence-electron chi connectivity index (χ3n) is 6.49. The van der Waals surface area contributed by atoms with Crippen molar-refractivity contribution in [1.82, 2.24) is 9.99 Å². The monoisotopic (exact) mass is 559 g/mol. The summed E-state index contributed by atoms with van der Waals surface area (Å²) in [5, 5.41) is 27.8. The number of methoxy groups -OCH3 is 2. The Morgan fingerprint density at radius 1 is 0.976 bits per heavy atom. The van der Waals surface area contributed by atoms with Gasteiger partial charge in [-0.05, 0) is 72.5 Å². The van der Waals surface area contributed by atoms with Gasteiger partial charge in [-0.25, -0.2) is 9.82 Å². The zero-order valence-electron chi connectivity index (χ0n) is 22.1. The molecule has 5 rings (SSSR count). The molecule has 0 saturated heterocycles. The van der Waals surface area contributed by atoms with Gasteiger partial charge in [0, 0.05) is 17.6 Å². The molecule has 1 heterocycles. The van der Waals surface area contributed by atoms with E-state index in [9.17, 15) is 19.8 Å². The average molecular weight is 560 g/mol. The smallest absolute Gasteiger partial charge is 0.276 e. The van der Waals surface area contributed by atoms with Crippen LogP contribution in [0.5, 0.6) is 23.0 Å². The van der Waals surface area contributed by atoms with Crippen LogP contribution >= 0.6 is 0 Å². The van der Waals surface area contributed by atoms with E-state index in [-0.39, 0.29) is 39.9 Å². The summed E-state index contributed by atoms with van der Waals surface area (Å²) in [5.41, 5.74) is 5.66. The summed E-state index contributed by atoms with van der Waals surface area (Å²) < 4.78 is 26.9. The highest BCUT2D eigenvalue weighted by Crippen LogP contribution is 2.38. The van der Waals surface area contributed by atoms with Crippen LogP contribution in [0.1, 0.15) is 40.4 Å². The van der Waals surface area contributed by atoms with Crippen LogP contribution in [0.15, 0.2) is 69.7 Å². The van der Waals surface area contributed by atoms with Crippen molar-refractivity contribution in [2.24, 2.45) is 10.2 Å². The number of phenolic OH excluding ortho intramolecular Hbond substituents is 2. The Bertz CT molecular complexity index is 1760. The molecule has 0 bridgehead atoms. The molecule has 4 N–H and O–H groups in total. The first-order chi connectivity index (χ1) is 19.8. The van der Waals surface area contributed by atoms with E-state index in [2.05, 4.69) is 21.1 Å². The SMILES string of the molecule is COc1ccc(/C=N/NC(=O)c2cn(C3CC3)c3cc(N/N=C/c4ccc(OC)c(O)c4)c(F)cc3c2=O)cc1O. The van der Waals surface area contributed by atoms with E-state index in [1.807, 2.05) is 0 Å². The maximum Gasteiger partial charge on any atom is 0.276 e. The lowest BCUT2D eigenvalue weighted by Crippen LogP contribution is -2.27. The van der Waals surface area contributed by atoms with Gasteiger partial charge in [0.1, 0.15) is 11.4 Å². The zero-order chi connectivity index (χ0) is 29.1. The third kappa shape index (κ3) is 5.81. The molecule has 0 radical (unpaired) electrons. The Balaban J connectivity index is 1.40. The molecule has 1 aliphatic carbocycles. The fourth-order valence-corrected chi connectivity index (χ4v) is 4.25. The van der Waals surface area contributed by atoms with E-state index in [1.54, 1.807) is 28.8 Å². The molecule has 0 unspecified atom stereocenters. The highest BCUT2D eigenvalue weighted by Gasteiger charge is 2.27. The zero-order valence-corrected chi connectivity index (χ0v) is 22.1. The number of benzene rings is 3. The maximum absolute atomic E-state index is 15.1. The molecule has 210 valence electrons. The Hall–Kier alpha value is -5.39. The first-order valence-corrected chi connectivity index (χ1v) is 12.5. The van der Waals surface area contributed by atoms with E-state index in [1.165, 1.54) is 51.0 Å². The number of aromatic nitrogens is 1. The lowest BCUT2D eigenvalue weighted by Gasteiger charge is -2.14. The van der Waals surface area contributed by atoms with E-state index in [0.29, 0.717) is 22.4 Å². The molecule has 0 atom stereocenters. The Morgan fingerprint density at radius 3 is 2.15 bits per heavy atom. The predicted octanol–water partition coefficient (Wildman–Crippen LogP) is 4.11. The maximum atomic E-state index is 15.1. The number of anilines is 1. The van der Waals surface area contributed by atoms with Crippen molar-refractivity contribution in [3.05, 3.63) is 87.5 Å². The van der Waals surface area contributed by atoms with E-state index in [4.69, 9.17) is 9.47 Å². The first kappa shape index (κ1) is 27.2. The minimum Gasteiger partial charge on any atom is -0.504 e. The molecular formula is C29H26FN5O6. The lowest BCUT2D eigenvalue weighted by molar-refractivity contribution is 0.0953. The van der Waals surface area contributed by atoms with E-state index >= 15 is 4.39 Å². The molecular weight excluding hydrogens is 533 g/mol. The van der Waals surface area contributed by atoms with Gasteiger partial charge in [-0.2, -0.15) is 10.2 Å². The number of rotatable bonds is 9. The fraction of sp³-hybridized carbons (Fsp3) is 0.172. The number of nitrogens with one attached hydrogen (secondary N) is 2. The number of pyridine rings is 1. The standard InChI is InChI=1S/C29H26FN5O6/c1-40-26-7-3-16(9-24(26)36)13-31-33-22-12-23-19(11-21(22)30)28(38)20(15-35(23)18-5-6-18)29(39)34-32-14-17-4-8-27(41-2)25(37)10-17/h3-4,7-15,18,33,36-37H,5-6H2,1-2H3,(H,34,39)/b31-13+,32-14+. The van der Waals surface area contributed by atoms with Gasteiger partial charge in [0.25, 0.3) is 5.91 Å². The summed E-state index contributed by atoms with van der Waals surface area (Å²) in [5.74, 6) is -1.04. The molecule has 1 saturated carbocycles. The molecule has 0 aliphatic heterocycles. The molecule has 41 heavy (non-hydrogen) atoms. The van der Waals surface area contributed by atoms with E-state index < -0.39 is 17.2 Å². The number of hydrogen-bond acceptors (Lipinski definition) is 9. The minimum atomic E-state index is -0.754. The van der Waals surface area contributed by atoms with Gasteiger partial charge in [0.15, 0.2) is 23.0 Å². The second-order valence-corrected chi connectivity index (χ2v) is 9.29. The number of ether oxygens (including phenoxy) is 2. The summed E-state index contributed by atoms with van der Waals surface area (Å²) in [6.45, 7) is 0. The van der Waals surface area contributed by atoms with Crippen molar-refractivity contribution in [3.63, 3.8) is 0 Å². The molecule has 1 amide bonds. The molecule has 0 spiro atoms. The minimum absolute atomic E-state index is 0.0322. The van der Waals surface area contributed by atoms with Crippen molar-refractivity contribution in [3.8, 4) is 23.0 Å². The molecule has 3 aromatic carbocycles. The van der Waals surface area contributed by atoms with E-state index in [0.717, 1.165) is 18.9 Å². The molecule has 1 aliphatic rings. The van der Waals surface area contributed by atoms with Crippen molar-refractivity contribution >= 4 is 34.9 Å². The van der Waals surface area contributed by atoms with Crippen LogP contribution in [-0.4, -0.2) is 47.3 Å². The van der Waals surface area contributed by atoms with Crippen molar-refractivity contribution in [2.45, 2.75) is 18.9 Å². The summed E-state index contributed by atoms with van der Waals surface area (Å²) in [6, 6.07) is 11.9.